The van der Waals surface area contributed by atoms with Crippen molar-refractivity contribution in [3.63, 3.8) is 0 Å². The van der Waals surface area contributed by atoms with E-state index in [1.807, 2.05) is 0 Å². The lowest BCUT2D eigenvalue weighted by Crippen LogP contribution is -2.27. The number of nitriles is 1. The second-order valence-electron chi connectivity index (χ2n) is 6.33. The first-order valence-corrected chi connectivity index (χ1v) is 9.03. The number of nitrogens with one attached hydrogen (secondary N) is 1. The maximum Gasteiger partial charge on any atom is 0.335 e. The molecule has 1 aliphatic heterocycles. The highest BCUT2D eigenvalue weighted by molar-refractivity contribution is 7.16. The molecule has 2 aliphatic rings. The molecule has 1 fully saturated rings. The van der Waals surface area contributed by atoms with Crippen LogP contribution in [0.2, 0.25) is 0 Å². The number of thiophene rings is 1. The quantitative estimate of drug-likeness (QED) is 0.844. The average molecular weight is 348 g/mol. The number of carbonyl (C=O) groups is 2. The van der Waals surface area contributed by atoms with Crippen LogP contribution in [0.15, 0.2) is 0 Å². The van der Waals surface area contributed by atoms with E-state index < -0.39 is 18.0 Å². The fourth-order valence-electron chi connectivity index (χ4n) is 3.11. The molecule has 1 aliphatic carbocycles. The third-order valence-electron chi connectivity index (χ3n) is 4.41. The zero-order chi connectivity index (χ0) is 17.1. The Hall–Kier alpha value is -1.91. The summed E-state index contributed by atoms with van der Waals surface area (Å²) in [6, 6.07) is 2.20. The van der Waals surface area contributed by atoms with Gasteiger partial charge < -0.3 is 14.8 Å². The molecule has 0 aromatic carbocycles. The van der Waals surface area contributed by atoms with Crippen molar-refractivity contribution in [2.75, 3.05) is 18.5 Å². The number of hydrogen-bond donors (Lipinski definition) is 1. The molecule has 1 amide bonds. The first-order chi connectivity index (χ1) is 11.6. The standard InChI is InChI=1S/C17H20N2O4S/c1-10-4-5-11-12(8-18)16(24-14(11)7-10)19-15(20)9-23-17(21)13-3-2-6-22-13/h10,13H,2-7,9H2,1H3,(H,19,20)/t10-,13+/m0/s1. The fraction of sp³-hybridized carbons (Fsp3) is 0.588. The molecule has 0 spiro atoms. The third-order valence-corrected chi connectivity index (χ3v) is 5.58. The summed E-state index contributed by atoms with van der Waals surface area (Å²) in [7, 11) is 0. The molecule has 2 heterocycles. The first-order valence-electron chi connectivity index (χ1n) is 8.21. The summed E-state index contributed by atoms with van der Waals surface area (Å²) in [4.78, 5) is 25.0. The van der Waals surface area contributed by atoms with E-state index in [2.05, 4.69) is 18.3 Å². The molecular formula is C17H20N2O4S. The second kappa shape index (κ2) is 7.32. The van der Waals surface area contributed by atoms with Crippen LogP contribution in [-0.4, -0.2) is 31.2 Å². The number of anilines is 1. The van der Waals surface area contributed by atoms with Crippen LogP contribution >= 0.6 is 11.3 Å². The molecule has 24 heavy (non-hydrogen) atoms. The van der Waals surface area contributed by atoms with Crippen molar-refractivity contribution in [1.29, 1.82) is 5.26 Å². The smallest absolute Gasteiger partial charge is 0.335 e. The van der Waals surface area contributed by atoms with E-state index in [0.717, 1.165) is 31.2 Å². The fourth-order valence-corrected chi connectivity index (χ4v) is 4.49. The lowest BCUT2D eigenvalue weighted by molar-refractivity contribution is -0.156. The zero-order valence-corrected chi connectivity index (χ0v) is 14.4. The molecular weight excluding hydrogens is 328 g/mol. The molecule has 1 N–H and O–H groups in total. The summed E-state index contributed by atoms with van der Waals surface area (Å²) in [6.07, 6.45) is 3.79. The predicted molar refractivity (Wildman–Crippen MR) is 88.8 cm³/mol. The normalized spacial score (nSPS) is 22.5. The minimum absolute atomic E-state index is 0.359. The highest BCUT2D eigenvalue weighted by Crippen LogP contribution is 2.39. The Morgan fingerprint density at radius 2 is 2.29 bits per heavy atom. The van der Waals surface area contributed by atoms with E-state index in [1.165, 1.54) is 16.2 Å². The molecule has 128 valence electrons. The van der Waals surface area contributed by atoms with Crippen molar-refractivity contribution in [3.8, 4) is 6.07 Å². The molecule has 7 heteroatoms. The summed E-state index contributed by atoms with van der Waals surface area (Å²) in [5, 5.41) is 12.7. The Kier molecular flexibility index (Phi) is 5.17. The van der Waals surface area contributed by atoms with Gasteiger partial charge in [0.15, 0.2) is 12.7 Å². The summed E-state index contributed by atoms with van der Waals surface area (Å²) in [5.74, 6) is -0.328. The molecule has 6 nitrogen and oxygen atoms in total. The zero-order valence-electron chi connectivity index (χ0n) is 13.6. The van der Waals surface area contributed by atoms with E-state index in [0.29, 0.717) is 29.5 Å². The summed E-state index contributed by atoms with van der Waals surface area (Å²) >= 11 is 1.46. The number of nitrogens with zero attached hydrogens (tertiary/aromatic N) is 1. The SMILES string of the molecule is C[C@H]1CCc2c(sc(NC(=O)COC(=O)[C@H]3CCCO3)c2C#N)C1. The molecule has 1 saturated heterocycles. The van der Waals surface area contributed by atoms with Gasteiger partial charge in [0, 0.05) is 11.5 Å². The molecule has 0 unspecified atom stereocenters. The second-order valence-corrected chi connectivity index (χ2v) is 7.43. The Morgan fingerprint density at radius 3 is 3.00 bits per heavy atom. The minimum atomic E-state index is -0.553. The Morgan fingerprint density at radius 1 is 1.46 bits per heavy atom. The van der Waals surface area contributed by atoms with E-state index in [1.54, 1.807) is 0 Å². The van der Waals surface area contributed by atoms with Crippen LogP contribution in [0.3, 0.4) is 0 Å². The molecule has 0 saturated carbocycles. The molecule has 0 bridgehead atoms. The predicted octanol–water partition coefficient (Wildman–Crippen LogP) is 2.41. The molecule has 3 rings (SSSR count). The van der Waals surface area contributed by atoms with Crippen LogP contribution in [0.1, 0.15) is 42.2 Å². The van der Waals surface area contributed by atoms with Crippen LogP contribution in [0.25, 0.3) is 0 Å². The van der Waals surface area contributed by atoms with Crippen LogP contribution in [0.4, 0.5) is 5.00 Å². The third kappa shape index (κ3) is 3.60. The summed E-state index contributed by atoms with van der Waals surface area (Å²) < 4.78 is 10.2. The number of amides is 1. The minimum Gasteiger partial charge on any atom is -0.454 e. The van der Waals surface area contributed by atoms with E-state index >= 15 is 0 Å². The molecule has 2 atom stereocenters. The van der Waals surface area contributed by atoms with Crippen molar-refractivity contribution in [3.05, 3.63) is 16.0 Å². The van der Waals surface area contributed by atoms with Crippen molar-refractivity contribution in [2.45, 2.75) is 45.1 Å². The van der Waals surface area contributed by atoms with Crippen molar-refractivity contribution in [1.82, 2.24) is 0 Å². The van der Waals surface area contributed by atoms with Gasteiger partial charge in [0.25, 0.3) is 5.91 Å². The van der Waals surface area contributed by atoms with Crippen LogP contribution in [0, 0.1) is 17.2 Å². The Balaban J connectivity index is 1.60. The number of hydrogen-bond acceptors (Lipinski definition) is 6. The number of fused-ring (bicyclic) bond motifs is 1. The number of esters is 1. The van der Waals surface area contributed by atoms with Gasteiger partial charge in [-0.3, -0.25) is 4.79 Å². The largest absolute Gasteiger partial charge is 0.454 e. The van der Waals surface area contributed by atoms with Gasteiger partial charge in [-0.05, 0) is 43.6 Å². The van der Waals surface area contributed by atoms with Crippen LogP contribution in [0.5, 0.6) is 0 Å². The van der Waals surface area contributed by atoms with Crippen molar-refractivity contribution < 1.29 is 19.1 Å². The van der Waals surface area contributed by atoms with Gasteiger partial charge >= 0.3 is 5.97 Å². The molecule has 0 radical (unpaired) electrons. The average Bonchev–Trinajstić information content (AvgIpc) is 3.19. The van der Waals surface area contributed by atoms with E-state index in [9.17, 15) is 14.9 Å². The van der Waals surface area contributed by atoms with E-state index in [4.69, 9.17) is 9.47 Å². The summed E-state index contributed by atoms with van der Waals surface area (Å²) in [5.41, 5.74) is 1.62. The lowest BCUT2D eigenvalue weighted by Gasteiger charge is -2.17. The maximum absolute atomic E-state index is 12.0. The number of rotatable bonds is 4. The Labute approximate surface area is 144 Å². The highest BCUT2D eigenvalue weighted by Gasteiger charge is 2.27. The monoisotopic (exact) mass is 348 g/mol. The number of ether oxygens (including phenoxy) is 2. The summed E-state index contributed by atoms with van der Waals surface area (Å²) in [6.45, 7) is 2.39. The first kappa shape index (κ1) is 16.9. The van der Waals surface area contributed by atoms with Crippen LogP contribution < -0.4 is 5.32 Å². The van der Waals surface area contributed by atoms with E-state index in [-0.39, 0.29) is 6.61 Å². The van der Waals surface area contributed by atoms with Gasteiger partial charge in [-0.25, -0.2) is 4.79 Å². The highest BCUT2D eigenvalue weighted by atomic mass is 32.1. The van der Waals surface area contributed by atoms with Crippen molar-refractivity contribution >= 4 is 28.2 Å². The Bertz CT molecular complexity index is 685. The van der Waals surface area contributed by atoms with Gasteiger partial charge in [0.1, 0.15) is 11.1 Å². The maximum atomic E-state index is 12.0. The lowest BCUT2D eigenvalue weighted by atomic mass is 9.89. The van der Waals surface area contributed by atoms with Gasteiger partial charge in [-0.2, -0.15) is 5.26 Å². The van der Waals surface area contributed by atoms with Gasteiger partial charge in [-0.15, -0.1) is 11.3 Å². The van der Waals surface area contributed by atoms with Gasteiger partial charge in [0.2, 0.25) is 0 Å². The topological polar surface area (TPSA) is 88.4 Å². The van der Waals surface area contributed by atoms with Gasteiger partial charge in [0.05, 0.1) is 5.56 Å². The molecule has 1 aromatic rings. The van der Waals surface area contributed by atoms with Crippen molar-refractivity contribution in [2.24, 2.45) is 5.92 Å². The molecule has 1 aromatic heterocycles. The van der Waals surface area contributed by atoms with Gasteiger partial charge in [-0.1, -0.05) is 6.92 Å². The number of carbonyl (C=O) groups excluding carboxylic acids is 2. The van der Waals surface area contributed by atoms with Crippen LogP contribution in [-0.2, 0) is 31.9 Å².